The molecular formula is C23H26Cl2N2O2. The molecule has 0 amide bonds. The van der Waals surface area contributed by atoms with Crippen molar-refractivity contribution in [2.45, 2.75) is 37.8 Å². The zero-order valence-electron chi connectivity index (χ0n) is 16.3. The Kier molecular flexibility index (Phi) is 6.45. The van der Waals surface area contributed by atoms with Crippen LogP contribution in [0.5, 0.6) is 0 Å². The molecule has 0 aromatic heterocycles. The number of piperidine rings is 1. The largest absolute Gasteiger partial charge is 0.478 e. The van der Waals surface area contributed by atoms with Gasteiger partial charge in [0.1, 0.15) is 0 Å². The number of carboxylic acid groups (broad SMARTS) is 1. The number of hydrogen-bond donors (Lipinski definition) is 2. The Labute approximate surface area is 181 Å². The lowest BCUT2D eigenvalue weighted by atomic mass is 9.96. The number of likely N-dealkylation sites (tertiary alicyclic amines) is 1. The molecule has 2 fully saturated rings. The summed E-state index contributed by atoms with van der Waals surface area (Å²) in [5.74, 6) is 0.399. The van der Waals surface area contributed by atoms with Crippen molar-refractivity contribution >= 4 is 29.2 Å². The van der Waals surface area contributed by atoms with E-state index in [2.05, 4.69) is 16.3 Å². The zero-order valence-corrected chi connectivity index (χ0v) is 17.8. The first-order valence-electron chi connectivity index (χ1n) is 10.2. The van der Waals surface area contributed by atoms with Gasteiger partial charge in [-0.3, -0.25) is 4.90 Å². The normalized spacial score (nSPS) is 22.6. The van der Waals surface area contributed by atoms with E-state index in [1.807, 2.05) is 24.3 Å². The number of hydrogen-bond acceptors (Lipinski definition) is 3. The predicted octanol–water partition coefficient (Wildman–Crippen LogP) is 5.05. The first-order chi connectivity index (χ1) is 14.0. The monoisotopic (exact) mass is 432 g/mol. The van der Waals surface area contributed by atoms with Crippen LogP contribution < -0.4 is 5.32 Å². The van der Waals surface area contributed by atoms with E-state index in [-0.39, 0.29) is 0 Å². The van der Waals surface area contributed by atoms with Crippen LogP contribution in [0.25, 0.3) is 0 Å². The molecule has 0 radical (unpaired) electrons. The van der Waals surface area contributed by atoms with Gasteiger partial charge in [0.15, 0.2) is 0 Å². The van der Waals surface area contributed by atoms with Crippen molar-refractivity contribution in [3.63, 3.8) is 0 Å². The van der Waals surface area contributed by atoms with Gasteiger partial charge in [0, 0.05) is 18.5 Å². The third kappa shape index (κ3) is 5.32. The second-order valence-electron chi connectivity index (χ2n) is 8.25. The van der Waals surface area contributed by atoms with Gasteiger partial charge in [-0.1, -0.05) is 41.4 Å². The van der Waals surface area contributed by atoms with E-state index < -0.39 is 5.97 Å². The summed E-state index contributed by atoms with van der Waals surface area (Å²) < 4.78 is 0. The maximum absolute atomic E-state index is 11.0. The third-order valence-electron chi connectivity index (χ3n) is 6.15. The molecule has 4 nitrogen and oxygen atoms in total. The Morgan fingerprint density at radius 3 is 2.45 bits per heavy atom. The quantitative estimate of drug-likeness (QED) is 0.642. The minimum Gasteiger partial charge on any atom is -0.478 e. The van der Waals surface area contributed by atoms with Crippen LogP contribution in [0.15, 0.2) is 42.5 Å². The van der Waals surface area contributed by atoms with E-state index in [4.69, 9.17) is 28.3 Å². The molecular weight excluding hydrogens is 407 g/mol. The second kappa shape index (κ2) is 9.05. The maximum atomic E-state index is 11.0. The summed E-state index contributed by atoms with van der Waals surface area (Å²) >= 11 is 12.2. The van der Waals surface area contributed by atoms with Crippen LogP contribution in [-0.4, -0.2) is 41.7 Å². The highest BCUT2D eigenvalue weighted by atomic mass is 35.5. The predicted molar refractivity (Wildman–Crippen MR) is 117 cm³/mol. The molecule has 1 aliphatic carbocycles. The number of rotatable bonds is 7. The van der Waals surface area contributed by atoms with Crippen molar-refractivity contribution < 1.29 is 9.90 Å². The van der Waals surface area contributed by atoms with Crippen LogP contribution in [0.4, 0.5) is 0 Å². The lowest BCUT2D eigenvalue weighted by Gasteiger charge is -2.32. The Bertz CT molecular complexity index is 864. The summed E-state index contributed by atoms with van der Waals surface area (Å²) in [6.07, 6.45) is 3.57. The van der Waals surface area contributed by atoms with Crippen LogP contribution in [-0.2, 0) is 6.54 Å². The van der Waals surface area contributed by atoms with Crippen LogP contribution in [0.3, 0.4) is 0 Å². The number of nitrogens with zero attached hydrogens (tertiary/aromatic N) is 1. The highest BCUT2D eigenvalue weighted by molar-refractivity contribution is 6.42. The first kappa shape index (κ1) is 20.7. The molecule has 1 saturated carbocycles. The summed E-state index contributed by atoms with van der Waals surface area (Å²) in [5.41, 5.74) is 2.80. The molecule has 1 saturated heterocycles. The Morgan fingerprint density at radius 2 is 1.79 bits per heavy atom. The van der Waals surface area contributed by atoms with Crippen molar-refractivity contribution in [2.75, 3.05) is 19.6 Å². The zero-order chi connectivity index (χ0) is 20.4. The molecule has 29 heavy (non-hydrogen) atoms. The standard InChI is InChI=1S/C23H26Cl2N2O2/c24-20-6-5-18(11-21(20)25)19-12-22(19)26-13-15-7-9-27(10-8-15)14-16-1-3-17(4-2-16)23(28)29/h1-6,11,15,19,22,26H,7-10,12-14H2,(H,28,29)/t19-,22+/m0/s1. The summed E-state index contributed by atoms with van der Waals surface area (Å²) in [6, 6.07) is 13.8. The third-order valence-corrected chi connectivity index (χ3v) is 6.88. The second-order valence-corrected chi connectivity index (χ2v) is 9.07. The molecule has 0 bridgehead atoms. The summed E-state index contributed by atoms with van der Waals surface area (Å²) in [6.45, 7) is 4.15. The molecule has 2 N–H and O–H groups in total. The van der Waals surface area contributed by atoms with Crippen molar-refractivity contribution in [3.05, 3.63) is 69.2 Å². The van der Waals surface area contributed by atoms with Gasteiger partial charge in [-0.05, 0) is 80.2 Å². The lowest BCUT2D eigenvalue weighted by Crippen LogP contribution is -2.37. The van der Waals surface area contributed by atoms with Crippen molar-refractivity contribution in [3.8, 4) is 0 Å². The molecule has 6 heteroatoms. The fourth-order valence-corrected chi connectivity index (χ4v) is 4.52. The van der Waals surface area contributed by atoms with Gasteiger partial charge in [0.2, 0.25) is 0 Å². The van der Waals surface area contributed by atoms with E-state index in [0.29, 0.717) is 27.6 Å². The highest BCUT2D eigenvalue weighted by Gasteiger charge is 2.38. The van der Waals surface area contributed by atoms with Gasteiger partial charge < -0.3 is 10.4 Å². The minimum absolute atomic E-state index is 0.345. The molecule has 2 aliphatic rings. The topological polar surface area (TPSA) is 52.6 Å². The average Bonchev–Trinajstić information content (AvgIpc) is 3.50. The number of carboxylic acids is 1. The van der Waals surface area contributed by atoms with Gasteiger partial charge >= 0.3 is 5.97 Å². The van der Waals surface area contributed by atoms with Crippen LogP contribution in [0.2, 0.25) is 10.0 Å². The number of carbonyl (C=O) groups is 1. The van der Waals surface area contributed by atoms with Crippen LogP contribution in [0, 0.1) is 5.92 Å². The Hall–Kier alpha value is -1.59. The molecule has 1 heterocycles. The number of aromatic carboxylic acids is 1. The summed E-state index contributed by atoms with van der Waals surface area (Å²) in [4.78, 5) is 13.4. The van der Waals surface area contributed by atoms with Gasteiger partial charge in [0.05, 0.1) is 15.6 Å². The smallest absolute Gasteiger partial charge is 0.335 e. The van der Waals surface area contributed by atoms with Crippen LogP contribution in [0.1, 0.15) is 46.7 Å². The highest BCUT2D eigenvalue weighted by Crippen LogP contribution is 2.42. The van der Waals surface area contributed by atoms with Crippen molar-refractivity contribution in [1.82, 2.24) is 10.2 Å². The van der Waals surface area contributed by atoms with Gasteiger partial charge in [-0.15, -0.1) is 0 Å². The fraction of sp³-hybridized carbons (Fsp3) is 0.435. The Balaban J connectivity index is 1.18. The van der Waals surface area contributed by atoms with E-state index in [1.54, 1.807) is 12.1 Å². The first-order valence-corrected chi connectivity index (χ1v) is 11.0. The molecule has 1 aliphatic heterocycles. The van der Waals surface area contributed by atoms with E-state index >= 15 is 0 Å². The number of nitrogens with one attached hydrogen (secondary N) is 1. The average molecular weight is 433 g/mol. The molecule has 0 spiro atoms. The molecule has 0 unspecified atom stereocenters. The molecule has 2 aromatic carbocycles. The van der Waals surface area contributed by atoms with Crippen molar-refractivity contribution in [2.24, 2.45) is 5.92 Å². The van der Waals surface area contributed by atoms with Crippen molar-refractivity contribution in [1.29, 1.82) is 0 Å². The number of benzene rings is 2. The summed E-state index contributed by atoms with van der Waals surface area (Å²) in [7, 11) is 0. The molecule has 2 atom stereocenters. The fourth-order valence-electron chi connectivity index (χ4n) is 4.21. The minimum atomic E-state index is -0.873. The molecule has 154 valence electrons. The molecule has 2 aromatic rings. The van der Waals surface area contributed by atoms with Gasteiger partial charge in [-0.25, -0.2) is 4.79 Å². The van der Waals surface area contributed by atoms with E-state index in [1.165, 1.54) is 30.4 Å². The van der Waals surface area contributed by atoms with E-state index in [9.17, 15) is 4.79 Å². The van der Waals surface area contributed by atoms with Gasteiger partial charge in [0.25, 0.3) is 0 Å². The van der Waals surface area contributed by atoms with Gasteiger partial charge in [-0.2, -0.15) is 0 Å². The SMILES string of the molecule is O=C(O)c1ccc(CN2CCC(CN[C@@H]3C[C@H]3c3ccc(Cl)c(Cl)c3)CC2)cc1. The Morgan fingerprint density at radius 1 is 1.07 bits per heavy atom. The number of halogens is 2. The summed E-state index contributed by atoms with van der Waals surface area (Å²) in [5, 5.41) is 14.0. The van der Waals surface area contributed by atoms with E-state index in [0.717, 1.165) is 32.1 Å². The van der Waals surface area contributed by atoms with Crippen LogP contribution >= 0.6 is 23.2 Å². The molecule has 4 rings (SSSR count). The lowest BCUT2D eigenvalue weighted by molar-refractivity contribution is 0.0697. The maximum Gasteiger partial charge on any atom is 0.335 e.